The molecule has 12 heavy (non-hydrogen) atoms. The van der Waals surface area contributed by atoms with Crippen LogP contribution in [0.5, 0.6) is 0 Å². The fraction of sp³-hybridized carbons (Fsp3) is 0.750. The summed E-state index contributed by atoms with van der Waals surface area (Å²) < 4.78 is 21.9. The maximum atomic E-state index is 10.9. The van der Waals surface area contributed by atoms with Gasteiger partial charge in [0.25, 0.3) is 0 Å². The summed E-state index contributed by atoms with van der Waals surface area (Å²) in [5.41, 5.74) is 0. The van der Waals surface area contributed by atoms with Gasteiger partial charge in [-0.1, -0.05) is 32.8 Å². The molecule has 0 aromatic heterocycles. The first-order valence-corrected chi connectivity index (χ1v) is 5.78. The number of hydrogen-bond donors (Lipinski definition) is 1. The van der Waals surface area contributed by atoms with Crippen molar-refractivity contribution in [3.05, 3.63) is 11.0 Å². The number of allylic oxidation sites excluding steroid dienone is 2. The number of rotatable bonds is 5. The van der Waals surface area contributed by atoms with Crippen molar-refractivity contribution in [1.29, 1.82) is 0 Å². The lowest BCUT2D eigenvalue weighted by atomic mass is 10.2. The monoisotopic (exact) mass is 191 g/mol. The van der Waals surface area contributed by atoms with Gasteiger partial charge in [-0.05, 0) is 12.8 Å². The summed E-state index contributed by atoms with van der Waals surface area (Å²) in [5, 5.41) is 5.01. The SMILES string of the molecule is CCC/C=C(\CCC)S(N)(=O)=O. The van der Waals surface area contributed by atoms with Gasteiger partial charge in [0, 0.05) is 0 Å². The number of unbranched alkanes of at least 4 members (excludes halogenated alkanes) is 1. The smallest absolute Gasteiger partial charge is 0.225 e. The number of sulfonamides is 1. The Morgan fingerprint density at radius 2 is 1.92 bits per heavy atom. The first kappa shape index (κ1) is 11.6. The van der Waals surface area contributed by atoms with Crippen molar-refractivity contribution in [3.8, 4) is 0 Å². The second-order valence-electron chi connectivity index (χ2n) is 2.75. The van der Waals surface area contributed by atoms with E-state index in [-0.39, 0.29) is 0 Å². The predicted molar refractivity (Wildman–Crippen MR) is 51.0 cm³/mol. The van der Waals surface area contributed by atoms with Crippen LogP contribution in [0.15, 0.2) is 11.0 Å². The van der Waals surface area contributed by atoms with E-state index in [1.54, 1.807) is 6.08 Å². The summed E-state index contributed by atoms with van der Waals surface area (Å²) in [6.07, 6.45) is 4.82. The van der Waals surface area contributed by atoms with Crippen LogP contribution in [0.4, 0.5) is 0 Å². The van der Waals surface area contributed by atoms with Gasteiger partial charge in [-0.3, -0.25) is 0 Å². The number of hydrogen-bond acceptors (Lipinski definition) is 2. The Labute approximate surface area is 74.7 Å². The molecule has 2 N–H and O–H groups in total. The highest BCUT2D eigenvalue weighted by Crippen LogP contribution is 2.11. The van der Waals surface area contributed by atoms with E-state index in [0.717, 1.165) is 19.3 Å². The first-order chi connectivity index (χ1) is 5.52. The van der Waals surface area contributed by atoms with Crippen molar-refractivity contribution in [3.63, 3.8) is 0 Å². The van der Waals surface area contributed by atoms with Crippen molar-refractivity contribution >= 4 is 10.0 Å². The van der Waals surface area contributed by atoms with E-state index in [1.807, 2.05) is 13.8 Å². The molecule has 0 aliphatic rings. The van der Waals surface area contributed by atoms with Crippen molar-refractivity contribution in [2.75, 3.05) is 0 Å². The molecule has 0 fully saturated rings. The molecule has 0 radical (unpaired) electrons. The van der Waals surface area contributed by atoms with Gasteiger partial charge >= 0.3 is 0 Å². The van der Waals surface area contributed by atoms with Crippen molar-refractivity contribution in [2.24, 2.45) is 5.14 Å². The fourth-order valence-corrected chi connectivity index (χ4v) is 1.75. The number of primary sulfonamides is 1. The van der Waals surface area contributed by atoms with Crippen LogP contribution in [0, 0.1) is 0 Å². The molecule has 0 rings (SSSR count). The zero-order chi connectivity index (χ0) is 9.61. The van der Waals surface area contributed by atoms with Gasteiger partial charge in [-0.25, -0.2) is 13.6 Å². The maximum absolute atomic E-state index is 10.9. The normalized spacial score (nSPS) is 13.4. The second-order valence-corrected chi connectivity index (χ2v) is 4.37. The Hall–Kier alpha value is -0.350. The van der Waals surface area contributed by atoms with Gasteiger partial charge in [0.1, 0.15) is 0 Å². The van der Waals surface area contributed by atoms with E-state index >= 15 is 0 Å². The zero-order valence-corrected chi connectivity index (χ0v) is 8.52. The van der Waals surface area contributed by atoms with Crippen molar-refractivity contribution in [1.82, 2.24) is 0 Å². The lowest BCUT2D eigenvalue weighted by Gasteiger charge is -2.01. The summed E-state index contributed by atoms with van der Waals surface area (Å²) in [6, 6.07) is 0. The van der Waals surface area contributed by atoms with Crippen LogP contribution in [-0.4, -0.2) is 8.42 Å². The molecule has 0 heterocycles. The molecular weight excluding hydrogens is 174 g/mol. The van der Waals surface area contributed by atoms with E-state index in [0.29, 0.717) is 11.3 Å². The van der Waals surface area contributed by atoms with Gasteiger partial charge in [0.05, 0.1) is 4.91 Å². The molecule has 0 unspecified atom stereocenters. The quantitative estimate of drug-likeness (QED) is 0.719. The van der Waals surface area contributed by atoms with E-state index < -0.39 is 10.0 Å². The molecule has 72 valence electrons. The Morgan fingerprint density at radius 1 is 1.33 bits per heavy atom. The van der Waals surface area contributed by atoms with Crippen LogP contribution in [0.3, 0.4) is 0 Å². The molecule has 0 aromatic rings. The molecular formula is C8H17NO2S. The molecule has 4 heteroatoms. The van der Waals surface area contributed by atoms with E-state index in [1.165, 1.54) is 0 Å². The zero-order valence-electron chi connectivity index (χ0n) is 7.71. The molecule has 0 atom stereocenters. The average Bonchev–Trinajstić information content (AvgIpc) is 1.95. The molecule has 0 bridgehead atoms. The summed E-state index contributed by atoms with van der Waals surface area (Å²) in [5.74, 6) is 0. The summed E-state index contributed by atoms with van der Waals surface area (Å²) >= 11 is 0. The molecule has 0 aromatic carbocycles. The molecule has 0 aliphatic carbocycles. The van der Waals surface area contributed by atoms with Gasteiger partial charge in [-0.15, -0.1) is 0 Å². The first-order valence-electron chi connectivity index (χ1n) is 4.24. The highest BCUT2D eigenvalue weighted by molar-refractivity contribution is 7.93. The molecule has 0 saturated carbocycles. The predicted octanol–water partition coefficient (Wildman–Crippen LogP) is 1.76. The fourth-order valence-electron chi connectivity index (χ4n) is 0.912. The minimum absolute atomic E-state index is 0.381. The van der Waals surface area contributed by atoms with Crippen molar-refractivity contribution < 1.29 is 8.42 Å². The third kappa shape index (κ3) is 4.51. The lowest BCUT2D eigenvalue weighted by Crippen LogP contribution is -2.14. The average molecular weight is 191 g/mol. The summed E-state index contributed by atoms with van der Waals surface area (Å²) in [4.78, 5) is 0.381. The molecule has 0 spiro atoms. The topological polar surface area (TPSA) is 60.2 Å². The minimum atomic E-state index is -3.44. The van der Waals surface area contributed by atoms with Gasteiger partial charge < -0.3 is 0 Å². The molecule has 3 nitrogen and oxygen atoms in total. The third-order valence-electron chi connectivity index (χ3n) is 1.52. The molecule has 0 aliphatic heterocycles. The molecule has 0 saturated heterocycles. The highest BCUT2D eigenvalue weighted by atomic mass is 32.2. The van der Waals surface area contributed by atoms with E-state index in [9.17, 15) is 8.42 Å². The van der Waals surface area contributed by atoms with Crippen LogP contribution in [0.1, 0.15) is 39.5 Å². The second kappa shape index (κ2) is 5.32. The highest BCUT2D eigenvalue weighted by Gasteiger charge is 2.09. The van der Waals surface area contributed by atoms with Crippen LogP contribution in [0.25, 0.3) is 0 Å². The Balaban J connectivity index is 4.44. The summed E-state index contributed by atoms with van der Waals surface area (Å²) in [7, 11) is -3.44. The van der Waals surface area contributed by atoms with Crippen LogP contribution >= 0.6 is 0 Å². The minimum Gasteiger partial charge on any atom is -0.225 e. The Bertz CT molecular complexity index is 242. The Kier molecular flexibility index (Phi) is 5.17. The van der Waals surface area contributed by atoms with Crippen LogP contribution in [0.2, 0.25) is 0 Å². The van der Waals surface area contributed by atoms with E-state index in [4.69, 9.17) is 5.14 Å². The number of nitrogens with two attached hydrogens (primary N) is 1. The Morgan fingerprint density at radius 3 is 2.25 bits per heavy atom. The van der Waals surface area contributed by atoms with Crippen molar-refractivity contribution in [2.45, 2.75) is 39.5 Å². The van der Waals surface area contributed by atoms with Gasteiger partial charge in [0.2, 0.25) is 10.0 Å². The van der Waals surface area contributed by atoms with Gasteiger partial charge in [-0.2, -0.15) is 0 Å². The molecule has 0 amide bonds. The third-order valence-corrected chi connectivity index (χ3v) is 2.62. The largest absolute Gasteiger partial charge is 0.233 e. The lowest BCUT2D eigenvalue weighted by molar-refractivity contribution is 0.601. The van der Waals surface area contributed by atoms with Crippen LogP contribution < -0.4 is 5.14 Å². The van der Waals surface area contributed by atoms with Gasteiger partial charge in [0.15, 0.2) is 0 Å². The standard InChI is InChI=1S/C8H17NO2S/c1-3-5-7-8(6-4-2)12(9,10)11/h7H,3-6H2,1-2H3,(H2,9,10,11)/b8-7+. The summed E-state index contributed by atoms with van der Waals surface area (Å²) in [6.45, 7) is 3.94. The van der Waals surface area contributed by atoms with E-state index in [2.05, 4.69) is 0 Å². The maximum Gasteiger partial charge on any atom is 0.233 e. The van der Waals surface area contributed by atoms with Crippen LogP contribution in [-0.2, 0) is 10.0 Å².